The molecule has 1 heterocycles. The van der Waals surface area contributed by atoms with Crippen LogP contribution < -0.4 is 15.8 Å². The molecule has 25 heavy (non-hydrogen) atoms. The van der Waals surface area contributed by atoms with Gasteiger partial charge in [0.2, 0.25) is 5.88 Å². The summed E-state index contributed by atoms with van der Waals surface area (Å²) in [6, 6.07) is 5.87. The first-order valence-corrected chi connectivity index (χ1v) is 7.24. The highest BCUT2D eigenvalue weighted by Gasteiger charge is 2.26. The minimum atomic E-state index is -0.897. The number of nitrogens with two attached hydrogens (primary N) is 1. The molecule has 0 fully saturated rings. The fraction of sp³-hybridized carbons (Fsp3) is 0.176. The molecule has 0 spiro atoms. The lowest BCUT2D eigenvalue weighted by Gasteiger charge is -2.06. The fourth-order valence-electron chi connectivity index (χ4n) is 2.33. The SMILES string of the molecule is CC(=O)Oc1cccc(C(=O)Nc2oc(C)c(C(C)=O)c2C(N)=O)c1. The zero-order valence-electron chi connectivity index (χ0n) is 13.8. The molecule has 1 aromatic carbocycles. The molecule has 2 aromatic rings. The number of furan rings is 1. The van der Waals surface area contributed by atoms with Gasteiger partial charge in [-0.25, -0.2) is 0 Å². The van der Waals surface area contributed by atoms with E-state index in [1.165, 1.54) is 45.0 Å². The summed E-state index contributed by atoms with van der Waals surface area (Å²) in [6.45, 7) is 3.99. The summed E-state index contributed by atoms with van der Waals surface area (Å²) in [5.41, 5.74) is 5.30. The van der Waals surface area contributed by atoms with Crippen molar-refractivity contribution in [3.8, 4) is 5.75 Å². The summed E-state index contributed by atoms with van der Waals surface area (Å²) < 4.78 is 10.2. The second-order valence-electron chi connectivity index (χ2n) is 5.23. The quantitative estimate of drug-likeness (QED) is 0.485. The number of hydrogen-bond donors (Lipinski definition) is 2. The third-order valence-corrected chi connectivity index (χ3v) is 3.27. The minimum absolute atomic E-state index is 0.0245. The average molecular weight is 344 g/mol. The molecule has 0 atom stereocenters. The summed E-state index contributed by atoms with van der Waals surface area (Å²) in [7, 11) is 0. The molecule has 0 aliphatic heterocycles. The Morgan fingerprint density at radius 2 is 1.80 bits per heavy atom. The van der Waals surface area contributed by atoms with Gasteiger partial charge in [-0.2, -0.15) is 0 Å². The van der Waals surface area contributed by atoms with Gasteiger partial charge in [-0.3, -0.25) is 24.5 Å². The number of carbonyl (C=O) groups excluding carboxylic acids is 4. The number of Topliss-reactive ketones (excluding diaryl/α,β-unsaturated/α-hetero) is 1. The third kappa shape index (κ3) is 3.92. The molecule has 0 aliphatic carbocycles. The molecule has 2 amide bonds. The average Bonchev–Trinajstić information content (AvgIpc) is 2.83. The van der Waals surface area contributed by atoms with Gasteiger partial charge in [-0.05, 0) is 32.0 Å². The summed E-state index contributed by atoms with van der Waals surface area (Å²) >= 11 is 0. The molecule has 0 saturated heterocycles. The highest BCUT2D eigenvalue weighted by Crippen LogP contribution is 2.28. The van der Waals surface area contributed by atoms with E-state index >= 15 is 0 Å². The van der Waals surface area contributed by atoms with Crippen molar-refractivity contribution in [2.45, 2.75) is 20.8 Å². The zero-order valence-corrected chi connectivity index (χ0v) is 13.8. The first kappa shape index (κ1) is 17.9. The summed E-state index contributed by atoms with van der Waals surface area (Å²) in [5.74, 6) is -2.31. The van der Waals surface area contributed by atoms with Crippen LogP contribution in [0.3, 0.4) is 0 Å². The summed E-state index contributed by atoms with van der Waals surface area (Å²) in [6.07, 6.45) is 0. The van der Waals surface area contributed by atoms with Gasteiger partial charge in [0, 0.05) is 12.5 Å². The molecule has 0 radical (unpaired) electrons. The van der Waals surface area contributed by atoms with Crippen LogP contribution in [0.2, 0.25) is 0 Å². The third-order valence-electron chi connectivity index (χ3n) is 3.27. The first-order valence-electron chi connectivity index (χ1n) is 7.24. The summed E-state index contributed by atoms with van der Waals surface area (Å²) in [5, 5.41) is 2.41. The summed E-state index contributed by atoms with van der Waals surface area (Å²) in [4.78, 5) is 46.7. The first-order chi connectivity index (χ1) is 11.7. The van der Waals surface area contributed by atoms with E-state index in [0.717, 1.165) is 0 Å². The Morgan fingerprint density at radius 1 is 1.12 bits per heavy atom. The highest BCUT2D eigenvalue weighted by atomic mass is 16.5. The second-order valence-corrected chi connectivity index (χ2v) is 5.23. The second kappa shape index (κ2) is 7.00. The molecule has 0 saturated carbocycles. The maximum atomic E-state index is 12.4. The van der Waals surface area contributed by atoms with Gasteiger partial charge in [0.1, 0.15) is 17.1 Å². The topological polar surface area (TPSA) is 129 Å². The van der Waals surface area contributed by atoms with Crippen molar-refractivity contribution in [2.24, 2.45) is 5.73 Å². The van der Waals surface area contributed by atoms with Crippen LogP contribution in [0.1, 0.15) is 50.7 Å². The number of carbonyl (C=O) groups is 4. The number of nitrogens with one attached hydrogen (secondary N) is 1. The number of anilines is 1. The van der Waals surface area contributed by atoms with Gasteiger partial charge in [0.25, 0.3) is 11.8 Å². The maximum absolute atomic E-state index is 12.4. The molecule has 0 aliphatic rings. The Labute approximate surface area is 142 Å². The van der Waals surface area contributed by atoms with E-state index in [4.69, 9.17) is 14.9 Å². The molecular weight excluding hydrogens is 328 g/mol. The molecule has 0 unspecified atom stereocenters. The Balaban J connectivity index is 2.35. The normalized spacial score (nSPS) is 10.2. The van der Waals surface area contributed by atoms with Crippen molar-refractivity contribution in [3.63, 3.8) is 0 Å². The lowest BCUT2D eigenvalue weighted by Crippen LogP contribution is -2.19. The molecule has 8 heteroatoms. The van der Waals surface area contributed by atoms with Gasteiger partial charge >= 0.3 is 5.97 Å². The number of primary amides is 1. The standard InChI is InChI=1S/C17H16N2O6/c1-8(20)13-9(2)24-17(14(13)15(18)22)19-16(23)11-5-4-6-12(7-11)25-10(3)21/h4-7H,1-3H3,(H2,18,22)(H,19,23). The predicted octanol–water partition coefficient (Wildman–Crippen LogP) is 2.07. The minimum Gasteiger partial charge on any atom is -0.444 e. The Hall–Kier alpha value is -3.42. The van der Waals surface area contributed by atoms with Crippen LogP contribution in [0.4, 0.5) is 5.88 Å². The fourth-order valence-corrected chi connectivity index (χ4v) is 2.33. The van der Waals surface area contributed by atoms with E-state index in [9.17, 15) is 19.2 Å². The van der Waals surface area contributed by atoms with Crippen LogP contribution in [0.5, 0.6) is 5.75 Å². The van der Waals surface area contributed by atoms with E-state index < -0.39 is 23.6 Å². The number of benzene rings is 1. The number of esters is 1. The van der Waals surface area contributed by atoms with Crippen LogP contribution >= 0.6 is 0 Å². The lowest BCUT2D eigenvalue weighted by molar-refractivity contribution is -0.131. The van der Waals surface area contributed by atoms with Gasteiger partial charge in [0.05, 0.1) is 5.56 Å². The van der Waals surface area contributed by atoms with Crippen molar-refractivity contribution in [1.82, 2.24) is 0 Å². The van der Waals surface area contributed by atoms with E-state index in [2.05, 4.69) is 5.32 Å². The maximum Gasteiger partial charge on any atom is 0.308 e. The Morgan fingerprint density at radius 3 is 2.36 bits per heavy atom. The van der Waals surface area contributed by atoms with Crippen LogP contribution in [0.15, 0.2) is 28.7 Å². The molecule has 1 aromatic heterocycles. The van der Waals surface area contributed by atoms with Crippen LogP contribution in [-0.4, -0.2) is 23.6 Å². The lowest BCUT2D eigenvalue weighted by atomic mass is 10.1. The van der Waals surface area contributed by atoms with Gasteiger partial charge < -0.3 is 14.9 Å². The van der Waals surface area contributed by atoms with Crippen molar-refractivity contribution < 1.29 is 28.3 Å². The molecular formula is C17H16N2O6. The molecule has 130 valence electrons. The van der Waals surface area contributed by atoms with Crippen LogP contribution in [-0.2, 0) is 4.79 Å². The van der Waals surface area contributed by atoms with Crippen molar-refractivity contribution in [3.05, 3.63) is 46.7 Å². The largest absolute Gasteiger partial charge is 0.444 e. The van der Waals surface area contributed by atoms with Gasteiger partial charge in [-0.1, -0.05) is 6.07 Å². The number of amides is 2. The van der Waals surface area contributed by atoms with Gasteiger partial charge in [-0.15, -0.1) is 0 Å². The van der Waals surface area contributed by atoms with Crippen LogP contribution in [0.25, 0.3) is 0 Å². The number of ketones is 1. The molecule has 8 nitrogen and oxygen atoms in total. The van der Waals surface area contributed by atoms with Gasteiger partial charge in [0.15, 0.2) is 5.78 Å². The monoisotopic (exact) mass is 344 g/mol. The number of rotatable bonds is 5. The van der Waals surface area contributed by atoms with E-state index in [1.54, 1.807) is 0 Å². The molecule has 0 bridgehead atoms. The number of ether oxygens (including phenoxy) is 1. The number of aryl methyl sites for hydroxylation is 1. The molecule has 3 N–H and O–H groups in total. The Kier molecular flexibility index (Phi) is 5.02. The highest BCUT2D eigenvalue weighted by molar-refractivity contribution is 6.13. The van der Waals surface area contributed by atoms with Crippen molar-refractivity contribution >= 4 is 29.5 Å². The zero-order chi connectivity index (χ0) is 18.7. The predicted molar refractivity (Wildman–Crippen MR) is 87.7 cm³/mol. The van der Waals surface area contributed by atoms with E-state index in [-0.39, 0.29) is 34.1 Å². The van der Waals surface area contributed by atoms with Crippen LogP contribution in [0, 0.1) is 6.92 Å². The van der Waals surface area contributed by atoms with E-state index in [0.29, 0.717) is 0 Å². The number of hydrogen-bond acceptors (Lipinski definition) is 6. The van der Waals surface area contributed by atoms with E-state index in [1.807, 2.05) is 0 Å². The molecule has 2 rings (SSSR count). The Bertz CT molecular complexity index is 881. The smallest absolute Gasteiger partial charge is 0.308 e. The van der Waals surface area contributed by atoms with Crippen molar-refractivity contribution in [1.29, 1.82) is 0 Å². The van der Waals surface area contributed by atoms with Crippen molar-refractivity contribution in [2.75, 3.05) is 5.32 Å².